The summed E-state index contributed by atoms with van der Waals surface area (Å²) in [6.07, 6.45) is 4.64. The zero-order valence-corrected chi connectivity index (χ0v) is 20.4. The van der Waals surface area contributed by atoms with Crippen molar-refractivity contribution in [2.75, 3.05) is 25.4 Å². The van der Waals surface area contributed by atoms with E-state index >= 15 is 0 Å². The van der Waals surface area contributed by atoms with Gasteiger partial charge in [0.15, 0.2) is 16.3 Å². The SMILES string of the molecule is Cn1c(=O)c2c(nc(SCCN3CCCCC3)n2CCc2cccc(Br)c2)n(C)c1=O. The number of piperidine rings is 1. The topological polar surface area (TPSA) is 65.1 Å². The van der Waals surface area contributed by atoms with Gasteiger partial charge in [-0.1, -0.05) is 46.2 Å². The number of hydrogen-bond donors (Lipinski definition) is 0. The molecule has 0 aliphatic carbocycles. The minimum atomic E-state index is -0.348. The molecule has 3 heterocycles. The third kappa shape index (κ3) is 4.83. The van der Waals surface area contributed by atoms with Crippen LogP contribution in [0.5, 0.6) is 0 Å². The Labute approximate surface area is 194 Å². The van der Waals surface area contributed by atoms with Gasteiger partial charge in [0.25, 0.3) is 5.56 Å². The summed E-state index contributed by atoms with van der Waals surface area (Å²) in [5.74, 6) is 0.911. The molecule has 1 aliphatic rings. The van der Waals surface area contributed by atoms with Crippen LogP contribution in [-0.4, -0.2) is 49.0 Å². The van der Waals surface area contributed by atoms with Gasteiger partial charge in [0.1, 0.15) is 0 Å². The van der Waals surface area contributed by atoms with Crippen molar-refractivity contribution in [3.63, 3.8) is 0 Å². The fourth-order valence-corrected chi connectivity index (χ4v) is 5.59. The minimum absolute atomic E-state index is 0.289. The van der Waals surface area contributed by atoms with Crippen LogP contribution >= 0.6 is 27.7 Å². The van der Waals surface area contributed by atoms with Gasteiger partial charge >= 0.3 is 5.69 Å². The van der Waals surface area contributed by atoms with E-state index in [1.807, 2.05) is 16.7 Å². The Balaban J connectivity index is 1.65. The zero-order valence-electron chi connectivity index (χ0n) is 18.0. The molecular formula is C22H28BrN5O2S. The van der Waals surface area contributed by atoms with Crippen molar-refractivity contribution < 1.29 is 0 Å². The predicted octanol–water partition coefficient (Wildman–Crippen LogP) is 3.02. The third-order valence-electron chi connectivity index (χ3n) is 5.91. The van der Waals surface area contributed by atoms with Crippen molar-refractivity contribution in [1.82, 2.24) is 23.6 Å². The number of fused-ring (bicyclic) bond motifs is 1. The maximum atomic E-state index is 13.0. The number of likely N-dealkylation sites (tertiary alicyclic amines) is 1. The van der Waals surface area contributed by atoms with Gasteiger partial charge in [0.2, 0.25) is 0 Å². The molecule has 0 atom stereocenters. The van der Waals surface area contributed by atoms with Crippen molar-refractivity contribution in [1.29, 1.82) is 0 Å². The number of aryl methyl sites for hydroxylation is 3. The average Bonchev–Trinajstić information content (AvgIpc) is 3.14. The molecule has 0 spiro atoms. The van der Waals surface area contributed by atoms with Gasteiger partial charge < -0.3 is 9.47 Å². The summed E-state index contributed by atoms with van der Waals surface area (Å²) in [5, 5.41) is 0.806. The molecule has 1 fully saturated rings. The largest absolute Gasteiger partial charge is 0.332 e. The number of hydrogen-bond acceptors (Lipinski definition) is 5. The summed E-state index contributed by atoms with van der Waals surface area (Å²) in [5.41, 5.74) is 1.51. The molecule has 0 unspecified atom stereocenters. The number of halogens is 1. The lowest BCUT2D eigenvalue weighted by Gasteiger charge is -2.25. The van der Waals surface area contributed by atoms with Crippen molar-refractivity contribution in [3.05, 3.63) is 55.1 Å². The van der Waals surface area contributed by atoms with Crippen LogP contribution in [0.2, 0.25) is 0 Å². The zero-order chi connectivity index (χ0) is 22.0. The number of thioether (sulfide) groups is 1. The number of nitrogens with zero attached hydrogens (tertiary/aromatic N) is 5. The van der Waals surface area contributed by atoms with Crippen LogP contribution in [0.15, 0.2) is 43.5 Å². The van der Waals surface area contributed by atoms with Crippen molar-refractivity contribution in [3.8, 4) is 0 Å². The van der Waals surface area contributed by atoms with Gasteiger partial charge in [0, 0.05) is 37.4 Å². The fourth-order valence-electron chi connectivity index (χ4n) is 4.13. The van der Waals surface area contributed by atoms with Crippen molar-refractivity contribution in [2.45, 2.75) is 37.4 Å². The molecule has 2 aromatic heterocycles. The summed E-state index contributed by atoms with van der Waals surface area (Å²) < 4.78 is 5.68. The summed E-state index contributed by atoms with van der Waals surface area (Å²) in [4.78, 5) is 32.6. The van der Waals surface area contributed by atoms with E-state index in [2.05, 4.69) is 33.0 Å². The summed E-state index contributed by atoms with van der Waals surface area (Å²) in [6.45, 7) is 3.96. The van der Waals surface area contributed by atoms with Crippen molar-refractivity contribution >= 4 is 38.9 Å². The summed E-state index contributed by atoms with van der Waals surface area (Å²) >= 11 is 5.20. The lowest BCUT2D eigenvalue weighted by atomic mass is 10.1. The van der Waals surface area contributed by atoms with Gasteiger partial charge in [-0.15, -0.1) is 0 Å². The lowest BCUT2D eigenvalue weighted by Crippen LogP contribution is -2.37. The molecule has 1 saturated heterocycles. The summed E-state index contributed by atoms with van der Waals surface area (Å²) in [6, 6.07) is 8.20. The molecule has 0 bridgehead atoms. The van der Waals surface area contributed by atoms with Crippen LogP contribution in [0.1, 0.15) is 24.8 Å². The maximum Gasteiger partial charge on any atom is 0.332 e. The number of aromatic nitrogens is 4. The summed E-state index contributed by atoms with van der Waals surface area (Å²) in [7, 11) is 3.21. The quantitative estimate of drug-likeness (QED) is 0.461. The average molecular weight is 506 g/mol. The Morgan fingerprint density at radius 2 is 1.84 bits per heavy atom. The van der Waals surface area contributed by atoms with Gasteiger partial charge in [0.05, 0.1) is 0 Å². The highest BCUT2D eigenvalue weighted by Gasteiger charge is 2.20. The molecule has 1 aromatic carbocycles. The number of rotatable bonds is 7. The van der Waals surface area contributed by atoms with Crippen LogP contribution in [0.25, 0.3) is 11.2 Å². The Morgan fingerprint density at radius 3 is 2.58 bits per heavy atom. The smallest absolute Gasteiger partial charge is 0.313 e. The Hall–Kier alpha value is -1.84. The highest BCUT2D eigenvalue weighted by molar-refractivity contribution is 9.10. The second kappa shape index (κ2) is 9.75. The van der Waals surface area contributed by atoms with Crippen LogP contribution in [0, 0.1) is 0 Å². The second-order valence-electron chi connectivity index (χ2n) is 8.05. The number of benzene rings is 1. The first-order valence-electron chi connectivity index (χ1n) is 10.7. The van der Waals surface area contributed by atoms with E-state index in [0.29, 0.717) is 17.7 Å². The Bertz CT molecular complexity index is 1190. The minimum Gasteiger partial charge on any atom is -0.313 e. The Morgan fingerprint density at radius 1 is 1.06 bits per heavy atom. The van der Waals surface area contributed by atoms with Crippen LogP contribution in [-0.2, 0) is 27.1 Å². The maximum absolute atomic E-state index is 13.0. The van der Waals surface area contributed by atoms with Gasteiger partial charge in [-0.2, -0.15) is 0 Å². The first kappa shape index (κ1) is 22.4. The highest BCUT2D eigenvalue weighted by Crippen LogP contribution is 2.23. The van der Waals surface area contributed by atoms with E-state index in [1.54, 1.807) is 18.8 Å². The molecule has 0 radical (unpaired) electrons. The van der Waals surface area contributed by atoms with E-state index in [4.69, 9.17) is 4.98 Å². The predicted molar refractivity (Wildman–Crippen MR) is 129 cm³/mol. The molecule has 7 nitrogen and oxygen atoms in total. The van der Waals surface area contributed by atoms with Crippen LogP contribution < -0.4 is 11.2 Å². The molecule has 0 amide bonds. The number of imidazole rings is 1. The first-order chi connectivity index (χ1) is 15.0. The molecule has 3 aromatic rings. The standard InChI is InChI=1S/C22H28BrN5O2S/c1-25-19-18(20(29)26(2)22(25)30)28(12-9-16-7-6-8-17(23)15-16)21(24-19)31-14-13-27-10-4-3-5-11-27/h6-8,15H,3-5,9-14H2,1-2H3. The molecular weight excluding hydrogens is 478 g/mol. The van der Waals surface area contributed by atoms with E-state index in [1.165, 1.54) is 41.0 Å². The molecule has 0 N–H and O–H groups in total. The van der Waals surface area contributed by atoms with Crippen LogP contribution in [0.4, 0.5) is 0 Å². The van der Waals surface area contributed by atoms with Crippen molar-refractivity contribution in [2.24, 2.45) is 14.1 Å². The van der Waals surface area contributed by atoms with E-state index in [-0.39, 0.29) is 11.2 Å². The normalized spacial score (nSPS) is 15.1. The van der Waals surface area contributed by atoms with E-state index < -0.39 is 0 Å². The second-order valence-corrected chi connectivity index (χ2v) is 10.0. The molecule has 9 heteroatoms. The molecule has 0 saturated carbocycles. The highest BCUT2D eigenvalue weighted by atomic mass is 79.9. The van der Waals surface area contributed by atoms with Gasteiger partial charge in [-0.3, -0.25) is 13.9 Å². The first-order valence-corrected chi connectivity index (χ1v) is 12.5. The van der Waals surface area contributed by atoms with Crippen LogP contribution in [0.3, 0.4) is 0 Å². The van der Waals surface area contributed by atoms with E-state index in [0.717, 1.165) is 41.4 Å². The van der Waals surface area contributed by atoms with E-state index in [9.17, 15) is 9.59 Å². The molecule has 1 aliphatic heterocycles. The molecule has 4 rings (SSSR count). The molecule has 166 valence electrons. The monoisotopic (exact) mass is 505 g/mol. The lowest BCUT2D eigenvalue weighted by molar-refractivity contribution is 0.242. The molecule has 31 heavy (non-hydrogen) atoms. The third-order valence-corrected chi connectivity index (χ3v) is 7.36. The van der Waals surface area contributed by atoms with Gasteiger partial charge in [-0.25, -0.2) is 9.78 Å². The fraction of sp³-hybridized carbons (Fsp3) is 0.500. The Kier molecular flexibility index (Phi) is 7.03. The van der Waals surface area contributed by atoms with Gasteiger partial charge in [-0.05, 0) is 50.0 Å².